The Morgan fingerprint density at radius 1 is 1.11 bits per heavy atom. The van der Waals surface area contributed by atoms with Crippen LogP contribution in [0.2, 0.25) is 0 Å². The van der Waals surface area contributed by atoms with Gasteiger partial charge in [-0.2, -0.15) is 0 Å². The molecule has 1 aromatic carbocycles. The average Bonchev–Trinajstić information content (AvgIpc) is 2.39. The highest BCUT2D eigenvalue weighted by Gasteiger charge is 2.14. The predicted octanol–water partition coefficient (Wildman–Crippen LogP) is 2.40. The lowest BCUT2D eigenvalue weighted by Gasteiger charge is -2.09. The van der Waals surface area contributed by atoms with Crippen LogP contribution in [0.3, 0.4) is 0 Å². The Kier molecular flexibility index (Phi) is 3.80. The first-order chi connectivity index (χ1) is 8.99. The molecule has 0 fully saturated rings. The van der Waals surface area contributed by atoms with Crippen molar-refractivity contribution in [2.45, 2.75) is 24.7 Å². The number of nitrogens with one attached hydrogen (secondary N) is 1. The van der Waals surface area contributed by atoms with E-state index in [-0.39, 0.29) is 10.7 Å². The minimum Gasteiger partial charge on any atom is -0.262 e. The van der Waals surface area contributed by atoms with Gasteiger partial charge in [-0.05, 0) is 23.6 Å². The fourth-order valence-electron chi connectivity index (χ4n) is 1.58. The van der Waals surface area contributed by atoms with E-state index in [1.54, 1.807) is 12.1 Å². The minimum absolute atomic E-state index is 0.204. The van der Waals surface area contributed by atoms with Crippen LogP contribution in [0.1, 0.15) is 25.3 Å². The van der Waals surface area contributed by atoms with Gasteiger partial charge in [-0.15, -0.1) is 0 Å². The fraction of sp³-hybridized carbons (Fsp3) is 0.231. The topological polar surface area (TPSA) is 72.0 Å². The molecule has 0 radical (unpaired) electrons. The van der Waals surface area contributed by atoms with E-state index in [1.807, 2.05) is 12.1 Å². The summed E-state index contributed by atoms with van der Waals surface area (Å²) in [7, 11) is -3.61. The molecule has 0 amide bonds. The van der Waals surface area contributed by atoms with Crippen molar-refractivity contribution in [2.75, 3.05) is 4.72 Å². The number of benzene rings is 1. The highest BCUT2D eigenvalue weighted by Crippen LogP contribution is 2.18. The van der Waals surface area contributed by atoms with Gasteiger partial charge in [0.15, 0.2) is 5.82 Å². The summed E-state index contributed by atoms with van der Waals surface area (Å²) in [5.41, 5.74) is 1.10. The van der Waals surface area contributed by atoms with Gasteiger partial charge in [0, 0.05) is 12.4 Å². The first-order valence-corrected chi connectivity index (χ1v) is 7.36. The van der Waals surface area contributed by atoms with Crippen LogP contribution in [0.25, 0.3) is 0 Å². The molecule has 0 saturated carbocycles. The van der Waals surface area contributed by atoms with Gasteiger partial charge in [-0.3, -0.25) is 9.71 Å². The Hall–Kier alpha value is -1.95. The van der Waals surface area contributed by atoms with Crippen molar-refractivity contribution in [1.82, 2.24) is 9.97 Å². The molecule has 5 nitrogen and oxygen atoms in total. The summed E-state index contributed by atoms with van der Waals surface area (Å²) < 4.78 is 26.6. The van der Waals surface area contributed by atoms with E-state index in [4.69, 9.17) is 0 Å². The van der Waals surface area contributed by atoms with Crippen LogP contribution in [0.4, 0.5) is 5.82 Å². The van der Waals surface area contributed by atoms with Crippen LogP contribution in [0, 0.1) is 0 Å². The fourth-order valence-corrected chi connectivity index (χ4v) is 2.57. The number of rotatable bonds is 4. The monoisotopic (exact) mass is 277 g/mol. The molecule has 1 N–H and O–H groups in total. The molecule has 6 heteroatoms. The van der Waals surface area contributed by atoms with Crippen molar-refractivity contribution in [3.8, 4) is 0 Å². The van der Waals surface area contributed by atoms with Crippen LogP contribution >= 0.6 is 0 Å². The summed E-state index contributed by atoms with van der Waals surface area (Å²) in [4.78, 5) is 7.90. The molecule has 2 aromatic rings. The molecule has 1 aromatic heterocycles. The number of hydrogen-bond acceptors (Lipinski definition) is 4. The standard InChI is InChI=1S/C13H15N3O2S/c1-10(2)11-3-5-12(6-4-11)19(17,18)16-13-9-14-7-8-15-13/h3-10H,1-2H3,(H,15,16). The second kappa shape index (κ2) is 5.36. The first-order valence-electron chi connectivity index (χ1n) is 5.88. The normalized spacial score (nSPS) is 11.5. The van der Waals surface area contributed by atoms with Crippen LogP contribution in [-0.2, 0) is 10.0 Å². The van der Waals surface area contributed by atoms with Crippen molar-refractivity contribution in [3.63, 3.8) is 0 Å². The lowest BCUT2D eigenvalue weighted by molar-refractivity contribution is 0.601. The van der Waals surface area contributed by atoms with Crippen molar-refractivity contribution < 1.29 is 8.42 Å². The maximum Gasteiger partial charge on any atom is 0.263 e. The van der Waals surface area contributed by atoms with Crippen LogP contribution in [0.5, 0.6) is 0 Å². The Labute approximate surface area is 112 Å². The van der Waals surface area contributed by atoms with E-state index in [0.29, 0.717) is 5.92 Å². The molecule has 19 heavy (non-hydrogen) atoms. The average molecular weight is 277 g/mol. The summed E-state index contributed by atoms with van der Waals surface area (Å²) >= 11 is 0. The smallest absolute Gasteiger partial charge is 0.262 e. The number of nitrogens with zero attached hydrogens (tertiary/aromatic N) is 2. The third-order valence-electron chi connectivity index (χ3n) is 2.66. The van der Waals surface area contributed by atoms with E-state index in [1.165, 1.54) is 18.6 Å². The van der Waals surface area contributed by atoms with Gasteiger partial charge in [0.05, 0.1) is 11.1 Å². The Morgan fingerprint density at radius 2 is 1.79 bits per heavy atom. The quantitative estimate of drug-likeness (QED) is 0.931. The molecule has 0 bridgehead atoms. The van der Waals surface area contributed by atoms with Gasteiger partial charge in [0.2, 0.25) is 0 Å². The molecule has 0 atom stereocenters. The number of anilines is 1. The van der Waals surface area contributed by atoms with Crippen molar-refractivity contribution in [3.05, 3.63) is 48.4 Å². The molecule has 0 unspecified atom stereocenters. The molecular weight excluding hydrogens is 262 g/mol. The van der Waals surface area contributed by atoms with Crippen molar-refractivity contribution in [1.29, 1.82) is 0 Å². The zero-order valence-corrected chi connectivity index (χ0v) is 11.6. The maximum absolute atomic E-state index is 12.1. The van der Waals surface area contributed by atoms with E-state index in [9.17, 15) is 8.42 Å². The van der Waals surface area contributed by atoms with E-state index < -0.39 is 10.0 Å². The van der Waals surface area contributed by atoms with Gasteiger partial charge < -0.3 is 0 Å². The largest absolute Gasteiger partial charge is 0.263 e. The van der Waals surface area contributed by atoms with Crippen molar-refractivity contribution >= 4 is 15.8 Å². The highest BCUT2D eigenvalue weighted by atomic mass is 32.2. The first kappa shape index (κ1) is 13.5. The highest BCUT2D eigenvalue weighted by molar-refractivity contribution is 7.92. The SMILES string of the molecule is CC(C)c1ccc(S(=O)(=O)Nc2cnccn2)cc1. The molecule has 1 heterocycles. The molecule has 0 saturated heterocycles. The molecule has 2 rings (SSSR count). The zero-order chi connectivity index (χ0) is 13.9. The van der Waals surface area contributed by atoms with E-state index in [0.717, 1.165) is 5.56 Å². The molecule has 100 valence electrons. The number of sulfonamides is 1. The maximum atomic E-state index is 12.1. The lowest BCUT2D eigenvalue weighted by Crippen LogP contribution is -2.14. The Morgan fingerprint density at radius 3 is 2.32 bits per heavy atom. The second-order valence-corrected chi connectivity index (χ2v) is 6.10. The summed E-state index contributed by atoms with van der Waals surface area (Å²) in [6.45, 7) is 4.11. The molecule has 0 spiro atoms. The zero-order valence-electron chi connectivity index (χ0n) is 10.7. The second-order valence-electron chi connectivity index (χ2n) is 4.42. The summed E-state index contributed by atoms with van der Waals surface area (Å²) in [5, 5.41) is 0. The summed E-state index contributed by atoms with van der Waals surface area (Å²) in [6, 6.07) is 6.81. The summed E-state index contributed by atoms with van der Waals surface area (Å²) in [6.07, 6.45) is 4.27. The third-order valence-corrected chi connectivity index (χ3v) is 4.03. The Balaban J connectivity index is 2.25. The molecule has 0 aliphatic carbocycles. The lowest BCUT2D eigenvalue weighted by atomic mass is 10.0. The van der Waals surface area contributed by atoms with E-state index in [2.05, 4.69) is 28.5 Å². The third kappa shape index (κ3) is 3.29. The predicted molar refractivity (Wildman–Crippen MR) is 73.4 cm³/mol. The van der Waals surface area contributed by atoms with Crippen molar-refractivity contribution in [2.24, 2.45) is 0 Å². The van der Waals surface area contributed by atoms with Crippen LogP contribution in [-0.4, -0.2) is 18.4 Å². The van der Waals surface area contributed by atoms with E-state index >= 15 is 0 Å². The number of hydrogen-bond donors (Lipinski definition) is 1. The minimum atomic E-state index is -3.61. The van der Waals surface area contributed by atoms with Gasteiger partial charge in [0.1, 0.15) is 0 Å². The van der Waals surface area contributed by atoms with Gasteiger partial charge in [-0.1, -0.05) is 26.0 Å². The van der Waals surface area contributed by atoms with Crippen LogP contribution < -0.4 is 4.72 Å². The van der Waals surface area contributed by atoms with Crippen LogP contribution in [0.15, 0.2) is 47.8 Å². The molecule has 0 aliphatic rings. The van der Waals surface area contributed by atoms with Gasteiger partial charge in [0.25, 0.3) is 10.0 Å². The molecular formula is C13H15N3O2S. The number of aromatic nitrogens is 2. The molecule has 0 aliphatic heterocycles. The van der Waals surface area contributed by atoms with Gasteiger partial charge in [-0.25, -0.2) is 13.4 Å². The Bertz CT molecular complexity index is 637. The summed E-state index contributed by atoms with van der Waals surface area (Å²) in [5.74, 6) is 0.570. The van der Waals surface area contributed by atoms with Gasteiger partial charge >= 0.3 is 0 Å².